The van der Waals surface area contributed by atoms with Gasteiger partial charge in [-0.05, 0) is 24.8 Å². The van der Waals surface area contributed by atoms with Crippen LogP contribution in [0.2, 0.25) is 5.02 Å². The molecule has 2 aliphatic heterocycles. The lowest BCUT2D eigenvalue weighted by atomic mass is 10.0. The van der Waals surface area contributed by atoms with Gasteiger partial charge in [0, 0.05) is 19.3 Å². The number of likely N-dealkylation sites (tertiary alicyclic amines) is 1. The highest BCUT2D eigenvalue weighted by molar-refractivity contribution is 7.91. The predicted octanol–water partition coefficient (Wildman–Crippen LogP) is 1.25. The normalized spacial score (nSPS) is 26.0. The van der Waals surface area contributed by atoms with Crippen LogP contribution in [0.15, 0.2) is 12.3 Å². The zero-order valence-corrected chi connectivity index (χ0v) is 13.7. The SMILES string of the molecule is CCOc1ncc(C(=O)N2C[C@@H]3CS(=O)(=O)C[C@@H]3C2)cc1Cl. The molecule has 0 saturated carbocycles. The number of pyridine rings is 1. The average molecular weight is 345 g/mol. The third-order valence-electron chi connectivity index (χ3n) is 4.14. The number of rotatable bonds is 3. The molecule has 6 nitrogen and oxygen atoms in total. The van der Waals surface area contributed by atoms with E-state index in [0.29, 0.717) is 36.2 Å². The minimum Gasteiger partial charge on any atom is -0.477 e. The van der Waals surface area contributed by atoms with Gasteiger partial charge >= 0.3 is 0 Å². The van der Waals surface area contributed by atoms with Crippen molar-refractivity contribution < 1.29 is 17.9 Å². The van der Waals surface area contributed by atoms with Crippen molar-refractivity contribution in [2.75, 3.05) is 31.2 Å². The molecule has 1 aromatic heterocycles. The van der Waals surface area contributed by atoms with Crippen molar-refractivity contribution in [1.29, 1.82) is 0 Å². The fourth-order valence-corrected chi connectivity index (χ4v) is 5.59. The lowest BCUT2D eigenvalue weighted by molar-refractivity contribution is 0.0784. The minimum atomic E-state index is -2.93. The summed E-state index contributed by atoms with van der Waals surface area (Å²) in [5.41, 5.74) is 0.399. The number of halogens is 1. The van der Waals surface area contributed by atoms with Gasteiger partial charge in [0.25, 0.3) is 5.91 Å². The molecule has 2 fully saturated rings. The molecule has 22 heavy (non-hydrogen) atoms. The first-order valence-corrected chi connectivity index (χ1v) is 9.37. The first-order valence-electron chi connectivity index (χ1n) is 7.17. The molecule has 2 atom stereocenters. The van der Waals surface area contributed by atoms with E-state index >= 15 is 0 Å². The third-order valence-corrected chi connectivity index (χ3v) is 6.28. The maximum atomic E-state index is 12.5. The largest absolute Gasteiger partial charge is 0.477 e. The number of hydrogen-bond acceptors (Lipinski definition) is 5. The molecular weight excluding hydrogens is 328 g/mol. The lowest BCUT2D eigenvalue weighted by Crippen LogP contribution is -2.31. The van der Waals surface area contributed by atoms with E-state index in [-0.39, 0.29) is 29.2 Å². The molecule has 120 valence electrons. The van der Waals surface area contributed by atoms with E-state index in [4.69, 9.17) is 16.3 Å². The van der Waals surface area contributed by atoms with E-state index in [1.54, 1.807) is 11.0 Å². The minimum absolute atomic E-state index is 0.0556. The number of amides is 1. The van der Waals surface area contributed by atoms with Crippen molar-refractivity contribution in [3.8, 4) is 5.88 Å². The molecule has 2 saturated heterocycles. The Morgan fingerprint density at radius 2 is 2.05 bits per heavy atom. The average Bonchev–Trinajstić information content (AvgIpc) is 2.94. The van der Waals surface area contributed by atoms with Gasteiger partial charge in [0.2, 0.25) is 5.88 Å². The molecule has 0 aromatic carbocycles. The van der Waals surface area contributed by atoms with Gasteiger partial charge in [-0.15, -0.1) is 0 Å². The predicted molar refractivity (Wildman–Crippen MR) is 82.0 cm³/mol. The van der Waals surface area contributed by atoms with Crippen molar-refractivity contribution in [1.82, 2.24) is 9.88 Å². The fraction of sp³-hybridized carbons (Fsp3) is 0.571. The Balaban J connectivity index is 1.72. The number of aromatic nitrogens is 1. The number of hydrogen-bond donors (Lipinski definition) is 0. The van der Waals surface area contributed by atoms with E-state index < -0.39 is 9.84 Å². The van der Waals surface area contributed by atoms with Crippen molar-refractivity contribution in [2.45, 2.75) is 6.92 Å². The van der Waals surface area contributed by atoms with Crippen LogP contribution in [-0.4, -0.2) is 55.4 Å². The Morgan fingerprint density at radius 3 is 2.59 bits per heavy atom. The van der Waals surface area contributed by atoms with Crippen LogP contribution in [0, 0.1) is 11.8 Å². The van der Waals surface area contributed by atoms with Crippen molar-refractivity contribution in [3.05, 3.63) is 22.8 Å². The zero-order chi connectivity index (χ0) is 15.9. The number of sulfone groups is 1. The number of fused-ring (bicyclic) bond motifs is 1. The quantitative estimate of drug-likeness (QED) is 0.824. The second-order valence-electron chi connectivity index (χ2n) is 5.75. The summed E-state index contributed by atoms with van der Waals surface area (Å²) in [6, 6.07) is 1.55. The number of nitrogens with zero attached hydrogens (tertiary/aromatic N) is 2. The van der Waals surface area contributed by atoms with Gasteiger partial charge in [-0.3, -0.25) is 4.79 Å². The fourth-order valence-electron chi connectivity index (χ4n) is 3.17. The molecule has 1 amide bonds. The molecule has 2 aliphatic rings. The first kappa shape index (κ1) is 15.6. The monoisotopic (exact) mass is 344 g/mol. The lowest BCUT2D eigenvalue weighted by Gasteiger charge is -2.17. The number of ether oxygens (including phenoxy) is 1. The molecular formula is C14H17ClN2O4S. The van der Waals surface area contributed by atoms with Crippen LogP contribution < -0.4 is 4.74 Å². The maximum absolute atomic E-state index is 12.5. The van der Waals surface area contributed by atoms with Crippen LogP contribution in [0.5, 0.6) is 5.88 Å². The highest BCUT2D eigenvalue weighted by Crippen LogP contribution is 2.33. The maximum Gasteiger partial charge on any atom is 0.255 e. The zero-order valence-electron chi connectivity index (χ0n) is 12.2. The van der Waals surface area contributed by atoms with Crippen molar-refractivity contribution >= 4 is 27.3 Å². The molecule has 0 spiro atoms. The summed E-state index contributed by atoms with van der Waals surface area (Å²) in [5.74, 6) is 0.627. The molecule has 0 unspecified atom stereocenters. The van der Waals surface area contributed by atoms with E-state index in [1.165, 1.54) is 6.20 Å². The molecule has 1 aromatic rings. The molecule has 0 radical (unpaired) electrons. The first-order chi connectivity index (χ1) is 10.4. The second-order valence-corrected chi connectivity index (χ2v) is 8.31. The van der Waals surface area contributed by atoms with Gasteiger partial charge < -0.3 is 9.64 Å². The van der Waals surface area contributed by atoms with E-state index in [0.717, 1.165) is 0 Å². The summed E-state index contributed by atoms with van der Waals surface area (Å²) in [7, 11) is -2.93. The highest BCUT2D eigenvalue weighted by atomic mass is 35.5. The van der Waals surface area contributed by atoms with Crippen molar-refractivity contribution in [3.63, 3.8) is 0 Å². The molecule has 8 heteroatoms. The van der Waals surface area contributed by atoms with Crippen LogP contribution in [0.1, 0.15) is 17.3 Å². The van der Waals surface area contributed by atoms with E-state index in [2.05, 4.69) is 4.98 Å². The molecule has 0 N–H and O–H groups in total. The van der Waals surface area contributed by atoms with Gasteiger partial charge in [-0.2, -0.15) is 0 Å². The molecule has 3 heterocycles. The summed E-state index contributed by atoms with van der Waals surface area (Å²) < 4.78 is 28.4. The van der Waals surface area contributed by atoms with Crippen LogP contribution in [-0.2, 0) is 9.84 Å². The Hall–Kier alpha value is -1.34. The van der Waals surface area contributed by atoms with Crippen molar-refractivity contribution in [2.24, 2.45) is 11.8 Å². The smallest absolute Gasteiger partial charge is 0.255 e. The van der Waals surface area contributed by atoms with Crippen LogP contribution in [0.3, 0.4) is 0 Å². The summed E-state index contributed by atoms with van der Waals surface area (Å²) in [4.78, 5) is 18.2. The Labute approximate surface area is 134 Å². The summed E-state index contributed by atoms with van der Waals surface area (Å²) >= 11 is 6.05. The van der Waals surface area contributed by atoms with Crippen LogP contribution in [0.25, 0.3) is 0 Å². The van der Waals surface area contributed by atoms with Gasteiger partial charge in [-0.25, -0.2) is 13.4 Å². The van der Waals surface area contributed by atoms with E-state index in [9.17, 15) is 13.2 Å². The molecule has 0 bridgehead atoms. The van der Waals surface area contributed by atoms with E-state index in [1.807, 2.05) is 6.92 Å². The summed E-state index contributed by atoms with van der Waals surface area (Å²) in [5, 5.41) is 0.301. The molecule has 3 rings (SSSR count). The Bertz CT molecular complexity index is 687. The van der Waals surface area contributed by atoms with Crippen LogP contribution in [0.4, 0.5) is 0 Å². The summed E-state index contributed by atoms with van der Waals surface area (Å²) in [6.45, 7) is 3.24. The third kappa shape index (κ3) is 2.92. The number of carbonyl (C=O) groups excluding carboxylic acids is 1. The molecule has 0 aliphatic carbocycles. The Morgan fingerprint density at radius 1 is 1.41 bits per heavy atom. The second kappa shape index (κ2) is 5.70. The highest BCUT2D eigenvalue weighted by Gasteiger charge is 2.45. The topological polar surface area (TPSA) is 76.6 Å². The Kier molecular flexibility index (Phi) is 4.03. The van der Waals surface area contributed by atoms with Crippen LogP contribution >= 0.6 is 11.6 Å². The van der Waals surface area contributed by atoms with Gasteiger partial charge in [0.05, 0.1) is 23.7 Å². The van der Waals surface area contributed by atoms with Gasteiger partial charge in [0.1, 0.15) is 5.02 Å². The standard InChI is InChI=1S/C14H17ClN2O4S/c1-2-21-13-12(15)3-9(4-16-13)14(18)17-5-10-7-22(19,20)8-11(10)6-17/h3-4,10-11H,2,5-8H2,1H3/t10-,11+. The van der Waals surface area contributed by atoms with Gasteiger partial charge in [0.15, 0.2) is 9.84 Å². The summed E-state index contributed by atoms with van der Waals surface area (Å²) in [6.07, 6.45) is 1.45. The number of carbonyl (C=O) groups is 1. The van der Waals surface area contributed by atoms with Gasteiger partial charge in [-0.1, -0.05) is 11.6 Å².